The Balaban J connectivity index is 1.62. The van der Waals surface area contributed by atoms with Crippen LogP contribution in [0.2, 0.25) is 0 Å². The van der Waals surface area contributed by atoms with Gasteiger partial charge in [0.1, 0.15) is 0 Å². The van der Waals surface area contributed by atoms with E-state index < -0.39 is 5.97 Å². The lowest BCUT2D eigenvalue weighted by molar-refractivity contribution is -0.119. The SMILES string of the molecule is Cc1cccc(NC(=O)COC(=O)c2ccccc2Nc2ccccc2)c1. The zero-order valence-electron chi connectivity index (χ0n) is 14.9. The summed E-state index contributed by atoms with van der Waals surface area (Å²) < 4.78 is 5.18. The van der Waals surface area contributed by atoms with E-state index >= 15 is 0 Å². The number of nitrogens with one attached hydrogen (secondary N) is 2. The fourth-order valence-electron chi connectivity index (χ4n) is 2.58. The van der Waals surface area contributed by atoms with Gasteiger partial charge in [-0.25, -0.2) is 4.79 Å². The Morgan fingerprint density at radius 1 is 0.852 bits per heavy atom. The van der Waals surface area contributed by atoms with Gasteiger partial charge >= 0.3 is 5.97 Å². The van der Waals surface area contributed by atoms with Crippen molar-refractivity contribution in [3.63, 3.8) is 0 Å². The topological polar surface area (TPSA) is 67.4 Å². The predicted octanol–water partition coefficient (Wildman–Crippen LogP) is 4.53. The van der Waals surface area contributed by atoms with E-state index in [4.69, 9.17) is 4.74 Å². The molecule has 3 aromatic rings. The van der Waals surface area contributed by atoms with E-state index in [9.17, 15) is 9.59 Å². The molecule has 0 aliphatic rings. The van der Waals surface area contributed by atoms with Crippen molar-refractivity contribution >= 4 is 28.9 Å². The van der Waals surface area contributed by atoms with Crippen molar-refractivity contribution in [2.24, 2.45) is 0 Å². The summed E-state index contributed by atoms with van der Waals surface area (Å²) in [5.74, 6) is -0.948. The number of ether oxygens (including phenoxy) is 1. The maximum Gasteiger partial charge on any atom is 0.340 e. The zero-order valence-corrected chi connectivity index (χ0v) is 14.9. The minimum absolute atomic E-state index is 0.355. The third-order valence-corrected chi connectivity index (χ3v) is 3.84. The Morgan fingerprint density at radius 3 is 2.33 bits per heavy atom. The van der Waals surface area contributed by atoms with Crippen LogP contribution in [0.3, 0.4) is 0 Å². The van der Waals surface area contributed by atoms with E-state index in [2.05, 4.69) is 10.6 Å². The lowest BCUT2D eigenvalue weighted by atomic mass is 10.1. The molecule has 3 rings (SSSR count). The largest absolute Gasteiger partial charge is 0.452 e. The molecule has 0 saturated carbocycles. The Labute approximate surface area is 158 Å². The number of amides is 1. The smallest absolute Gasteiger partial charge is 0.340 e. The van der Waals surface area contributed by atoms with E-state index in [0.717, 1.165) is 11.3 Å². The molecule has 0 aromatic heterocycles. The normalized spacial score (nSPS) is 10.1. The van der Waals surface area contributed by atoms with Crippen LogP contribution in [-0.4, -0.2) is 18.5 Å². The molecule has 0 fully saturated rings. The summed E-state index contributed by atoms with van der Waals surface area (Å²) >= 11 is 0. The van der Waals surface area contributed by atoms with Gasteiger partial charge < -0.3 is 15.4 Å². The van der Waals surface area contributed by atoms with Crippen molar-refractivity contribution in [3.05, 3.63) is 90.0 Å². The number of esters is 1. The number of benzene rings is 3. The first-order valence-corrected chi connectivity index (χ1v) is 8.56. The maximum absolute atomic E-state index is 12.4. The van der Waals surface area contributed by atoms with Crippen molar-refractivity contribution in [2.75, 3.05) is 17.2 Å². The van der Waals surface area contributed by atoms with Gasteiger partial charge in [-0.3, -0.25) is 4.79 Å². The van der Waals surface area contributed by atoms with Crippen LogP contribution in [0.4, 0.5) is 17.1 Å². The van der Waals surface area contributed by atoms with Crippen LogP contribution in [0.1, 0.15) is 15.9 Å². The summed E-state index contributed by atoms with van der Waals surface area (Å²) in [5.41, 5.74) is 3.54. The molecule has 2 N–H and O–H groups in total. The summed E-state index contributed by atoms with van der Waals surface area (Å²) in [6, 6.07) is 24.0. The number of aryl methyl sites for hydroxylation is 1. The van der Waals surface area contributed by atoms with Crippen molar-refractivity contribution in [1.82, 2.24) is 0 Å². The van der Waals surface area contributed by atoms with Gasteiger partial charge in [0.25, 0.3) is 5.91 Å². The number of rotatable bonds is 6. The molecule has 0 spiro atoms. The van der Waals surface area contributed by atoms with Crippen LogP contribution in [0.25, 0.3) is 0 Å². The molecule has 0 unspecified atom stereocenters. The summed E-state index contributed by atoms with van der Waals surface area (Å²) in [6.07, 6.45) is 0. The zero-order chi connectivity index (χ0) is 19.1. The van der Waals surface area contributed by atoms with Crippen LogP contribution in [0, 0.1) is 6.92 Å². The summed E-state index contributed by atoms with van der Waals surface area (Å²) in [7, 11) is 0. The van der Waals surface area contributed by atoms with Gasteiger partial charge in [-0.15, -0.1) is 0 Å². The highest BCUT2D eigenvalue weighted by atomic mass is 16.5. The van der Waals surface area contributed by atoms with Crippen LogP contribution in [0.15, 0.2) is 78.9 Å². The average molecular weight is 360 g/mol. The van der Waals surface area contributed by atoms with Crippen LogP contribution < -0.4 is 10.6 Å². The number of para-hydroxylation sites is 2. The molecule has 0 atom stereocenters. The molecule has 0 heterocycles. The number of anilines is 3. The number of hydrogen-bond donors (Lipinski definition) is 2. The van der Waals surface area contributed by atoms with E-state index in [0.29, 0.717) is 16.9 Å². The monoisotopic (exact) mass is 360 g/mol. The second-order valence-electron chi connectivity index (χ2n) is 6.03. The molecule has 0 aliphatic heterocycles. The second kappa shape index (κ2) is 8.67. The highest BCUT2D eigenvalue weighted by Gasteiger charge is 2.14. The molecular weight excluding hydrogens is 340 g/mol. The van der Waals surface area contributed by atoms with Crippen molar-refractivity contribution < 1.29 is 14.3 Å². The molecule has 27 heavy (non-hydrogen) atoms. The van der Waals surface area contributed by atoms with Gasteiger partial charge in [-0.2, -0.15) is 0 Å². The predicted molar refractivity (Wildman–Crippen MR) is 106 cm³/mol. The third kappa shape index (κ3) is 5.19. The van der Waals surface area contributed by atoms with Gasteiger partial charge in [-0.1, -0.05) is 42.5 Å². The minimum Gasteiger partial charge on any atom is -0.452 e. The molecule has 0 saturated heterocycles. The van der Waals surface area contributed by atoms with E-state index in [1.807, 2.05) is 61.5 Å². The van der Waals surface area contributed by atoms with Crippen LogP contribution in [-0.2, 0) is 9.53 Å². The molecule has 0 aliphatic carbocycles. The van der Waals surface area contributed by atoms with Gasteiger partial charge in [0.2, 0.25) is 0 Å². The van der Waals surface area contributed by atoms with Crippen molar-refractivity contribution in [2.45, 2.75) is 6.92 Å². The Hall–Kier alpha value is -3.60. The molecule has 3 aromatic carbocycles. The van der Waals surface area contributed by atoms with Gasteiger partial charge in [0.05, 0.1) is 11.3 Å². The average Bonchev–Trinajstić information content (AvgIpc) is 2.67. The molecule has 0 bridgehead atoms. The van der Waals surface area contributed by atoms with Gasteiger partial charge in [0.15, 0.2) is 6.61 Å². The highest BCUT2D eigenvalue weighted by molar-refractivity contribution is 5.99. The van der Waals surface area contributed by atoms with Gasteiger partial charge in [0, 0.05) is 11.4 Å². The highest BCUT2D eigenvalue weighted by Crippen LogP contribution is 2.21. The molecule has 5 heteroatoms. The third-order valence-electron chi connectivity index (χ3n) is 3.84. The first-order valence-electron chi connectivity index (χ1n) is 8.56. The molecule has 136 valence electrons. The first kappa shape index (κ1) is 18.2. The number of carbonyl (C=O) groups excluding carboxylic acids is 2. The summed E-state index contributed by atoms with van der Waals surface area (Å²) in [4.78, 5) is 24.5. The second-order valence-corrected chi connectivity index (χ2v) is 6.03. The molecule has 1 amide bonds. The number of carbonyl (C=O) groups is 2. The summed E-state index contributed by atoms with van der Waals surface area (Å²) in [5, 5.41) is 5.90. The Bertz CT molecular complexity index is 939. The minimum atomic E-state index is -0.562. The van der Waals surface area contributed by atoms with E-state index in [1.54, 1.807) is 24.3 Å². The fourth-order valence-corrected chi connectivity index (χ4v) is 2.58. The van der Waals surface area contributed by atoms with Crippen molar-refractivity contribution in [1.29, 1.82) is 0 Å². The molecular formula is C22H20N2O3. The van der Waals surface area contributed by atoms with Gasteiger partial charge in [-0.05, 0) is 48.9 Å². The van der Waals surface area contributed by atoms with E-state index in [-0.39, 0.29) is 12.5 Å². The standard InChI is InChI=1S/C22H20N2O3/c1-16-8-7-11-18(14-16)24-21(25)15-27-22(26)19-12-5-6-13-20(19)23-17-9-3-2-4-10-17/h2-14,23H,15H2,1H3,(H,24,25). The van der Waals surface area contributed by atoms with E-state index in [1.165, 1.54) is 0 Å². The quantitative estimate of drug-likeness (QED) is 0.634. The lowest BCUT2D eigenvalue weighted by Gasteiger charge is -2.12. The Kier molecular flexibility index (Phi) is 5.84. The summed E-state index contributed by atoms with van der Waals surface area (Å²) in [6.45, 7) is 1.58. The van der Waals surface area contributed by atoms with Crippen LogP contribution >= 0.6 is 0 Å². The lowest BCUT2D eigenvalue weighted by Crippen LogP contribution is -2.21. The van der Waals surface area contributed by atoms with Crippen LogP contribution in [0.5, 0.6) is 0 Å². The first-order chi connectivity index (χ1) is 13.1. The number of hydrogen-bond acceptors (Lipinski definition) is 4. The maximum atomic E-state index is 12.4. The molecule has 0 radical (unpaired) electrons. The van der Waals surface area contributed by atoms with Crippen molar-refractivity contribution in [3.8, 4) is 0 Å². The Morgan fingerprint density at radius 2 is 1.56 bits per heavy atom. The molecule has 5 nitrogen and oxygen atoms in total. The fraction of sp³-hybridized carbons (Fsp3) is 0.0909.